The number of likely N-dealkylation sites (N-methyl/N-ethyl adjacent to an activating group) is 1. The van der Waals surface area contributed by atoms with Gasteiger partial charge in [0.1, 0.15) is 0 Å². The fourth-order valence-corrected chi connectivity index (χ4v) is 2.35. The number of benzene rings is 1. The van der Waals surface area contributed by atoms with E-state index in [9.17, 15) is 0 Å². The van der Waals surface area contributed by atoms with E-state index in [0.29, 0.717) is 5.92 Å². The van der Waals surface area contributed by atoms with Gasteiger partial charge in [-0.05, 0) is 44.3 Å². The molecule has 1 fully saturated rings. The first-order chi connectivity index (χ1) is 8.77. The van der Waals surface area contributed by atoms with Gasteiger partial charge in [0, 0.05) is 19.1 Å². The Morgan fingerprint density at radius 3 is 2.61 bits per heavy atom. The van der Waals surface area contributed by atoms with Crippen molar-refractivity contribution in [2.75, 3.05) is 26.7 Å². The van der Waals surface area contributed by atoms with Crippen molar-refractivity contribution in [2.45, 2.75) is 38.1 Å². The number of rotatable bonds is 8. The van der Waals surface area contributed by atoms with Crippen LogP contribution in [0.4, 0.5) is 0 Å². The maximum atomic E-state index is 3.56. The van der Waals surface area contributed by atoms with E-state index in [2.05, 4.69) is 54.5 Å². The Balaban J connectivity index is 1.55. The summed E-state index contributed by atoms with van der Waals surface area (Å²) in [4.78, 5) is 2.48. The summed E-state index contributed by atoms with van der Waals surface area (Å²) in [5.74, 6) is 0.653. The smallest absolute Gasteiger partial charge is 0.0107 e. The van der Waals surface area contributed by atoms with Crippen LogP contribution >= 0.6 is 0 Å². The van der Waals surface area contributed by atoms with Gasteiger partial charge in [0.25, 0.3) is 0 Å². The highest BCUT2D eigenvalue weighted by Crippen LogP contribution is 2.24. The summed E-state index contributed by atoms with van der Waals surface area (Å²) in [6.07, 6.45) is 4.03. The normalized spacial score (nSPS) is 17.1. The van der Waals surface area contributed by atoms with E-state index in [0.717, 1.165) is 19.1 Å². The molecule has 2 rings (SSSR count). The molecule has 1 aliphatic carbocycles. The zero-order valence-electron chi connectivity index (χ0n) is 11.7. The highest BCUT2D eigenvalue weighted by molar-refractivity contribution is 5.18. The van der Waals surface area contributed by atoms with E-state index in [1.807, 2.05) is 0 Å². The fourth-order valence-electron chi connectivity index (χ4n) is 2.35. The Morgan fingerprint density at radius 2 is 1.94 bits per heavy atom. The molecule has 1 atom stereocenters. The molecule has 1 unspecified atom stereocenters. The van der Waals surface area contributed by atoms with Crippen LogP contribution in [-0.2, 0) is 0 Å². The standard InChI is InChI=1S/C16H26N2/c1-14(15-6-4-3-5-7-15)10-11-17-12-13-18(2)16-8-9-16/h3-7,14,16-17H,8-13H2,1-2H3. The van der Waals surface area contributed by atoms with E-state index in [4.69, 9.17) is 0 Å². The SMILES string of the molecule is CC(CCNCCN(C)C1CC1)c1ccccc1. The molecule has 0 amide bonds. The first-order valence-electron chi connectivity index (χ1n) is 7.23. The maximum absolute atomic E-state index is 3.56. The van der Waals surface area contributed by atoms with Crippen molar-refractivity contribution >= 4 is 0 Å². The van der Waals surface area contributed by atoms with Crippen molar-refractivity contribution in [1.82, 2.24) is 10.2 Å². The Bertz CT molecular complexity index is 332. The van der Waals surface area contributed by atoms with Crippen LogP contribution in [0.1, 0.15) is 37.7 Å². The van der Waals surface area contributed by atoms with E-state index >= 15 is 0 Å². The van der Waals surface area contributed by atoms with Gasteiger partial charge in [-0.1, -0.05) is 37.3 Å². The van der Waals surface area contributed by atoms with Crippen molar-refractivity contribution in [1.29, 1.82) is 0 Å². The third-order valence-corrected chi connectivity index (χ3v) is 3.93. The van der Waals surface area contributed by atoms with Crippen molar-refractivity contribution in [3.8, 4) is 0 Å². The van der Waals surface area contributed by atoms with Gasteiger partial charge >= 0.3 is 0 Å². The number of nitrogens with zero attached hydrogens (tertiary/aromatic N) is 1. The van der Waals surface area contributed by atoms with Gasteiger partial charge in [0.2, 0.25) is 0 Å². The molecule has 0 radical (unpaired) electrons. The minimum Gasteiger partial charge on any atom is -0.315 e. The Kier molecular flexibility index (Phi) is 5.21. The van der Waals surface area contributed by atoms with E-state index < -0.39 is 0 Å². The molecule has 1 N–H and O–H groups in total. The summed E-state index contributed by atoms with van der Waals surface area (Å²) < 4.78 is 0. The summed E-state index contributed by atoms with van der Waals surface area (Å²) in [6.45, 7) is 5.74. The summed E-state index contributed by atoms with van der Waals surface area (Å²) in [5.41, 5.74) is 1.45. The quantitative estimate of drug-likeness (QED) is 0.710. The van der Waals surface area contributed by atoms with E-state index in [-0.39, 0.29) is 0 Å². The lowest BCUT2D eigenvalue weighted by Gasteiger charge is -2.16. The molecular formula is C16H26N2. The van der Waals surface area contributed by atoms with Crippen molar-refractivity contribution < 1.29 is 0 Å². The van der Waals surface area contributed by atoms with Gasteiger partial charge in [0.15, 0.2) is 0 Å². The molecule has 1 saturated carbocycles. The summed E-state index contributed by atoms with van der Waals surface area (Å²) in [7, 11) is 2.24. The molecule has 0 heterocycles. The highest BCUT2D eigenvalue weighted by atomic mass is 15.2. The number of hydrogen-bond acceptors (Lipinski definition) is 2. The first-order valence-corrected chi connectivity index (χ1v) is 7.23. The molecule has 1 aliphatic rings. The fraction of sp³-hybridized carbons (Fsp3) is 0.625. The molecule has 0 saturated heterocycles. The molecule has 2 nitrogen and oxygen atoms in total. The van der Waals surface area contributed by atoms with Gasteiger partial charge in [-0.3, -0.25) is 0 Å². The topological polar surface area (TPSA) is 15.3 Å². The van der Waals surface area contributed by atoms with Gasteiger partial charge in [-0.25, -0.2) is 0 Å². The largest absolute Gasteiger partial charge is 0.315 e. The Morgan fingerprint density at radius 1 is 1.22 bits per heavy atom. The number of hydrogen-bond donors (Lipinski definition) is 1. The lowest BCUT2D eigenvalue weighted by Crippen LogP contribution is -2.31. The molecule has 1 aromatic rings. The second-order valence-corrected chi connectivity index (χ2v) is 5.56. The van der Waals surface area contributed by atoms with Crippen LogP contribution in [0.15, 0.2) is 30.3 Å². The second-order valence-electron chi connectivity index (χ2n) is 5.56. The molecule has 100 valence electrons. The molecule has 0 spiro atoms. The third kappa shape index (κ3) is 4.43. The molecule has 1 aromatic carbocycles. The van der Waals surface area contributed by atoms with Crippen LogP contribution in [-0.4, -0.2) is 37.6 Å². The first kappa shape index (κ1) is 13.6. The highest BCUT2D eigenvalue weighted by Gasteiger charge is 2.25. The summed E-state index contributed by atoms with van der Waals surface area (Å²) in [5, 5.41) is 3.56. The van der Waals surface area contributed by atoms with Crippen LogP contribution in [0.5, 0.6) is 0 Å². The van der Waals surface area contributed by atoms with Crippen molar-refractivity contribution in [2.24, 2.45) is 0 Å². The minimum absolute atomic E-state index is 0.653. The molecular weight excluding hydrogens is 220 g/mol. The minimum atomic E-state index is 0.653. The molecule has 18 heavy (non-hydrogen) atoms. The molecule has 2 heteroatoms. The zero-order valence-corrected chi connectivity index (χ0v) is 11.7. The molecule has 0 aliphatic heterocycles. The van der Waals surface area contributed by atoms with Crippen molar-refractivity contribution in [3.63, 3.8) is 0 Å². The predicted molar refractivity (Wildman–Crippen MR) is 78.0 cm³/mol. The Labute approximate surface area is 111 Å². The zero-order chi connectivity index (χ0) is 12.8. The van der Waals surface area contributed by atoms with Crippen LogP contribution < -0.4 is 5.32 Å². The Hall–Kier alpha value is -0.860. The molecule has 0 bridgehead atoms. The third-order valence-electron chi connectivity index (χ3n) is 3.93. The second kappa shape index (κ2) is 6.91. The van der Waals surface area contributed by atoms with Crippen molar-refractivity contribution in [3.05, 3.63) is 35.9 Å². The summed E-state index contributed by atoms with van der Waals surface area (Å²) in [6, 6.07) is 11.7. The molecule has 0 aromatic heterocycles. The predicted octanol–water partition coefficient (Wildman–Crippen LogP) is 2.86. The van der Waals surface area contributed by atoms with Gasteiger partial charge < -0.3 is 10.2 Å². The van der Waals surface area contributed by atoms with Crippen LogP contribution in [0.25, 0.3) is 0 Å². The van der Waals surface area contributed by atoms with Crippen LogP contribution in [0.2, 0.25) is 0 Å². The summed E-state index contributed by atoms with van der Waals surface area (Å²) >= 11 is 0. The maximum Gasteiger partial charge on any atom is 0.0107 e. The van der Waals surface area contributed by atoms with Gasteiger partial charge in [-0.15, -0.1) is 0 Å². The van der Waals surface area contributed by atoms with Crippen LogP contribution in [0, 0.1) is 0 Å². The lowest BCUT2D eigenvalue weighted by molar-refractivity contribution is 0.321. The van der Waals surface area contributed by atoms with Gasteiger partial charge in [-0.2, -0.15) is 0 Å². The average molecular weight is 246 g/mol. The van der Waals surface area contributed by atoms with Gasteiger partial charge in [0.05, 0.1) is 0 Å². The monoisotopic (exact) mass is 246 g/mol. The van der Waals surface area contributed by atoms with E-state index in [1.165, 1.54) is 31.4 Å². The van der Waals surface area contributed by atoms with E-state index in [1.54, 1.807) is 0 Å². The van der Waals surface area contributed by atoms with Crippen LogP contribution in [0.3, 0.4) is 0 Å². The lowest BCUT2D eigenvalue weighted by atomic mass is 9.98. The number of nitrogens with one attached hydrogen (secondary N) is 1. The average Bonchev–Trinajstić information content (AvgIpc) is 3.23.